The first-order valence-electron chi connectivity index (χ1n) is 10.8. The number of piperidine rings is 1. The van der Waals surface area contributed by atoms with Crippen LogP contribution in [0.1, 0.15) is 25.0 Å². The number of ether oxygens (including phenoxy) is 2. The van der Waals surface area contributed by atoms with Gasteiger partial charge in [-0.05, 0) is 36.2 Å². The van der Waals surface area contributed by atoms with Crippen LogP contribution in [-0.4, -0.2) is 46.7 Å². The van der Waals surface area contributed by atoms with Crippen molar-refractivity contribution in [1.29, 1.82) is 0 Å². The Bertz CT molecular complexity index is 1130. The summed E-state index contributed by atoms with van der Waals surface area (Å²) >= 11 is 0. The standard InChI is InChI=1S/C27H27NO3/c1-27(2)30-25-23(16-15-21-13-8-12-20-11-6-7-14-22(20)21)28(18-24(29)26(25)31-27)17-19-9-4-3-5-10-19/h3-14,23-26,29H,17-18H2,1-2H3/t23-,24+,25-,26+/m0/s1. The fraction of sp³-hybridized carbons (Fsp3) is 0.333. The number of benzene rings is 3. The number of aliphatic hydroxyl groups excluding tert-OH is 1. The minimum absolute atomic E-state index is 0.186. The summed E-state index contributed by atoms with van der Waals surface area (Å²) in [6.07, 6.45) is -1.31. The molecule has 0 aliphatic carbocycles. The summed E-state index contributed by atoms with van der Waals surface area (Å²) in [4.78, 5) is 2.21. The molecule has 2 saturated heterocycles. The van der Waals surface area contributed by atoms with Gasteiger partial charge in [-0.2, -0.15) is 0 Å². The molecule has 1 N–H and O–H groups in total. The topological polar surface area (TPSA) is 41.9 Å². The van der Waals surface area contributed by atoms with Crippen LogP contribution in [-0.2, 0) is 16.0 Å². The zero-order valence-corrected chi connectivity index (χ0v) is 17.9. The Balaban J connectivity index is 1.52. The van der Waals surface area contributed by atoms with Crippen LogP contribution in [0, 0.1) is 11.8 Å². The van der Waals surface area contributed by atoms with E-state index >= 15 is 0 Å². The zero-order valence-electron chi connectivity index (χ0n) is 17.9. The second-order valence-corrected chi connectivity index (χ2v) is 8.79. The van der Waals surface area contributed by atoms with Crippen LogP contribution in [0.2, 0.25) is 0 Å². The van der Waals surface area contributed by atoms with Crippen LogP contribution in [0.3, 0.4) is 0 Å². The maximum absolute atomic E-state index is 10.8. The molecule has 0 bridgehead atoms. The Kier molecular flexibility index (Phi) is 5.29. The fourth-order valence-electron chi connectivity index (χ4n) is 4.66. The van der Waals surface area contributed by atoms with Crippen molar-refractivity contribution in [3.05, 3.63) is 83.9 Å². The van der Waals surface area contributed by atoms with Crippen molar-refractivity contribution >= 4 is 10.8 Å². The van der Waals surface area contributed by atoms with Gasteiger partial charge in [0.1, 0.15) is 18.2 Å². The molecule has 0 spiro atoms. The van der Waals surface area contributed by atoms with E-state index in [1.54, 1.807) is 0 Å². The van der Waals surface area contributed by atoms with E-state index in [0.717, 1.165) is 10.9 Å². The number of hydrogen-bond donors (Lipinski definition) is 1. The van der Waals surface area contributed by atoms with Crippen molar-refractivity contribution in [2.24, 2.45) is 0 Å². The first kappa shape index (κ1) is 20.2. The second-order valence-electron chi connectivity index (χ2n) is 8.79. The largest absolute Gasteiger partial charge is 0.389 e. The summed E-state index contributed by atoms with van der Waals surface area (Å²) in [7, 11) is 0. The smallest absolute Gasteiger partial charge is 0.164 e. The van der Waals surface area contributed by atoms with Gasteiger partial charge in [-0.1, -0.05) is 78.6 Å². The summed E-state index contributed by atoms with van der Waals surface area (Å²) in [6.45, 7) is 4.98. The lowest BCUT2D eigenvalue weighted by molar-refractivity contribution is -0.152. The van der Waals surface area contributed by atoms with Gasteiger partial charge in [0.25, 0.3) is 0 Å². The van der Waals surface area contributed by atoms with E-state index in [1.165, 1.54) is 10.9 Å². The third kappa shape index (κ3) is 4.11. The predicted octanol–water partition coefficient (Wildman–Crippen LogP) is 3.96. The molecule has 31 heavy (non-hydrogen) atoms. The third-order valence-corrected chi connectivity index (χ3v) is 6.04. The van der Waals surface area contributed by atoms with Crippen molar-refractivity contribution in [3.63, 3.8) is 0 Å². The minimum atomic E-state index is -0.738. The van der Waals surface area contributed by atoms with Crippen LogP contribution in [0.5, 0.6) is 0 Å². The van der Waals surface area contributed by atoms with Crippen molar-refractivity contribution in [1.82, 2.24) is 4.90 Å². The van der Waals surface area contributed by atoms with Crippen LogP contribution in [0.15, 0.2) is 72.8 Å². The number of fused-ring (bicyclic) bond motifs is 2. The highest BCUT2D eigenvalue weighted by atomic mass is 16.8. The molecule has 2 heterocycles. The lowest BCUT2D eigenvalue weighted by Gasteiger charge is -2.41. The van der Waals surface area contributed by atoms with E-state index < -0.39 is 11.9 Å². The number of β-amino-alcohol motifs (C(OH)–C–C–N with tert-alkyl or cyclic N) is 1. The van der Waals surface area contributed by atoms with E-state index in [0.29, 0.717) is 13.1 Å². The molecule has 158 valence electrons. The van der Waals surface area contributed by atoms with Gasteiger partial charge in [0.15, 0.2) is 5.79 Å². The first-order chi connectivity index (χ1) is 15.0. The van der Waals surface area contributed by atoms with Crippen molar-refractivity contribution in [2.75, 3.05) is 6.54 Å². The molecule has 4 atom stereocenters. The molecule has 0 unspecified atom stereocenters. The molecule has 0 radical (unpaired) electrons. The molecule has 4 nitrogen and oxygen atoms in total. The average molecular weight is 414 g/mol. The van der Waals surface area contributed by atoms with Gasteiger partial charge in [0.05, 0.1) is 6.10 Å². The number of hydrogen-bond acceptors (Lipinski definition) is 4. The Hall–Kier alpha value is -2.68. The molecule has 0 amide bonds. The van der Waals surface area contributed by atoms with E-state index in [1.807, 2.05) is 50.2 Å². The van der Waals surface area contributed by atoms with E-state index in [9.17, 15) is 5.11 Å². The van der Waals surface area contributed by atoms with E-state index in [2.05, 4.69) is 53.1 Å². The zero-order chi connectivity index (χ0) is 21.4. The van der Waals surface area contributed by atoms with Gasteiger partial charge in [-0.3, -0.25) is 4.90 Å². The first-order valence-corrected chi connectivity index (χ1v) is 10.8. The van der Waals surface area contributed by atoms with Gasteiger partial charge >= 0.3 is 0 Å². The van der Waals surface area contributed by atoms with E-state index in [4.69, 9.17) is 9.47 Å². The Labute approximate surface area is 183 Å². The SMILES string of the molecule is CC1(C)O[C@@H]2[C@H](O1)[C@H](O)CN(Cc1ccccc1)[C@H]2C#Cc1cccc2ccccc12. The minimum Gasteiger partial charge on any atom is -0.389 e. The Morgan fingerprint density at radius 2 is 1.65 bits per heavy atom. The highest BCUT2D eigenvalue weighted by Gasteiger charge is 2.52. The van der Waals surface area contributed by atoms with Gasteiger partial charge in [0.2, 0.25) is 0 Å². The predicted molar refractivity (Wildman–Crippen MR) is 121 cm³/mol. The van der Waals surface area contributed by atoms with Crippen molar-refractivity contribution < 1.29 is 14.6 Å². The summed E-state index contributed by atoms with van der Waals surface area (Å²) in [6, 6.07) is 24.6. The quantitative estimate of drug-likeness (QED) is 0.646. The molecule has 2 aliphatic heterocycles. The van der Waals surface area contributed by atoms with Crippen LogP contribution in [0.25, 0.3) is 10.8 Å². The Morgan fingerprint density at radius 3 is 2.48 bits per heavy atom. The van der Waals surface area contributed by atoms with Crippen LogP contribution >= 0.6 is 0 Å². The molecule has 4 heteroatoms. The average Bonchev–Trinajstić information content (AvgIpc) is 3.10. The van der Waals surface area contributed by atoms with Gasteiger partial charge in [0, 0.05) is 18.7 Å². The lowest BCUT2D eigenvalue weighted by Crippen LogP contribution is -2.59. The summed E-state index contributed by atoms with van der Waals surface area (Å²) in [5.74, 6) is 6.17. The Morgan fingerprint density at radius 1 is 0.935 bits per heavy atom. The molecule has 0 aromatic heterocycles. The van der Waals surface area contributed by atoms with Crippen LogP contribution in [0.4, 0.5) is 0 Å². The maximum Gasteiger partial charge on any atom is 0.164 e. The van der Waals surface area contributed by atoms with Crippen LogP contribution < -0.4 is 0 Å². The second kappa shape index (κ2) is 8.11. The summed E-state index contributed by atoms with van der Waals surface area (Å²) in [5, 5.41) is 13.1. The summed E-state index contributed by atoms with van der Waals surface area (Å²) in [5.41, 5.74) is 2.18. The normalized spacial score (nSPS) is 27.5. The highest BCUT2D eigenvalue weighted by molar-refractivity contribution is 5.88. The van der Waals surface area contributed by atoms with Gasteiger partial charge in [-0.25, -0.2) is 0 Å². The maximum atomic E-state index is 10.8. The molecular weight excluding hydrogens is 386 g/mol. The molecule has 2 aliphatic rings. The number of aliphatic hydroxyl groups is 1. The van der Waals surface area contributed by atoms with Gasteiger partial charge < -0.3 is 14.6 Å². The van der Waals surface area contributed by atoms with Gasteiger partial charge in [-0.15, -0.1) is 0 Å². The number of rotatable bonds is 2. The molecule has 5 rings (SSSR count). The highest BCUT2D eigenvalue weighted by Crippen LogP contribution is 2.37. The van der Waals surface area contributed by atoms with E-state index in [-0.39, 0.29) is 18.2 Å². The molecular formula is C27H27NO3. The molecule has 0 saturated carbocycles. The fourth-order valence-corrected chi connectivity index (χ4v) is 4.66. The molecule has 3 aromatic carbocycles. The van der Waals surface area contributed by atoms with Crippen molar-refractivity contribution in [3.8, 4) is 11.8 Å². The lowest BCUT2D eigenvalue weighted by atomic mass is 9.93. The number of nitrogens with zero attached hydrogens (tertiary/aromatic N) is 1. The third-order valence-electron chi connectivity index (χ3n) is 6.04. The molecule has 2 fully saturated rings. The molecule has 3 aromatic rings. The van der Waals surface area contributed by atoms with Crippen molar-refractivity contribution in [2.45, 2.75) is 50.5 Å². The number of likely N-dealkylation sites (tertiary alicyclic amines) is 1. The summed E-state index contributed by atoms with van der Waals surface area (Å²) < 4.78 is 12.3. The monoisotopic (exact) mass is 413 g/mol.